The summed E-state index contributed by atoms with van der Waals surface area (Å²) >= 11 is 0. The molecule has 1 saturated carbocycles. The number of oxazole rings is 1. The van der Waals surface area contributed by atoms with E-state index in [1.807, 2.05) is 6.92 Å². The zero-order valence-electron chi connectivity index (χ0n) is 10.2. The summed E-state index contributed by atoms with van der Waals surface area (Å²) in [5.74, 6) is 1.36. The maximum absolute atomic E-state index is 11.6. The summed E-state index contributed by atoms with van der Waals surface area (Å²) in [6.45, 7) is 2.34. The molecule has 0 spiro atoms. The largest absolute Gasteiger partial charge is 0.444 e. The lowest BCUT2D eigenvalue weighted by molar-refractivity contribution is -0.123. The number of carbonyl (C=O) groups is 1. The van der Waals surface area contributed by atoms with Gasteiger partial charge in [0.15, 0.2) is 0 Å². The second-order valence-electron chi connectivity index (χ2n) is 4.74. The van der Waals surface area contributed by atoms with Crippen LogP contribution < -0.4 is 11.1 Å². The van der Waals surface area contributed by atoms with Gasteiger partial charge in [-0.15, -0.1) is 0 Å². The molecule has 1 heterocycles. The molecule has 0 aliphatic heterocycles. The van der Waals surface area contributed by atoms with Crippen LogP contribution in [0.25, 0.3) is 0 Å². The van der Waals surface area contributed by atoms with Gasteiger partial charge in [-0.1, -0.05) is 6.92 Å². The summed E-state index contributed by atoms with van der Waals surface area (Å²) in [6, 6.07) is 0. The van der Waals surface area contributed by atoms with E-state index in [1.165, 1.54) is 0 Å². The fourth-order valence-corrected chi connectivity index (χ4v) is 1.96. The predicted molar refractivity (Wildman–Crippen MR) is 63.1 cm³/mol. The topological polar surface area (TPSA) is 81.2 Å². The molecule has 17 heavy (non-hydrogen) atoms. The van der Waals surface area contributed by atoms with Crippen molar-refractivity contribution in [3.05, 3.63) is 17.8 Å². The Balaban J connectivity index is 1.75. The van der Waals surface area contributed by atoms with Crippen LogP contribution in [-0.4, -0.2) is 16.4 Å². The number of nitrogens with two attached hydrogens (primary N) is 1. The Morgan fingerprint density at radius 1 is 1.65 bits per heavy atom. The Morgan fingerprint density at radius 3 is 2.94 bits per heavy atom. The highest BCUT2D eigenvalue weighted by atomic mass is 16.4. The van der Waals surface area contributed by atoms with E-state index in [9.17, 15) is 4.79 Å². The van der Waals surface area contributed by atoms with Crippen LogP contribution in [0.4, 0.5) is 0 Å². The van der Waals surface area contributed by atoms with Gasteiger partial charge in [0, 0.05) is 18.4 Å². The van der Waals surface area contributed by atoms with Gasteiger partial charge in [-0.2, -0.15) is 0 Å². The van der Waals surface area contributed by atoms with Crippen molar-refractivity contribution in [3.63, 3.8) is 0 Å². The molecule has 5 nitrogen and oxygen atoms in total. The minimum absolute atomic E-state index is 0.0246. The van der Waals surface area contributed by atoms with E-state index in [0.717, 1.165) is 31.4 Å². The smallest absolute Gasteiger partial charge is 0.222 e. The molecule has 1 aromatic rings. The summed E-state index contributed by atoms with van der Waals surface area (Å²) in [6.07, 6.45) is 5.92. The number of aromatic nitrogens is 1. The number of rotatable bonds is 5. The molecule has 1 aliphatic carbocycles. The number of aryl methyl sites for hydroxylation is 1. The number of hydrogen-bond donors (Lipinski definition) is 2. The third-order valence-electron chi connectivity index (χ3n) is 3.25. The summed E-state index contributed by atoms with van der Waals surface area (Å²) in [5, 5.41) is 2.79. The Kier molecular flexibility index (Phi) is 3.47. The van der Waals surface area contributed by atoms with Crippen molar-refractivity contribution in [2.24, 2.45) is 5.73 Å². The second-order valence-corrected chi connectivity index (χ2v) is 4.74. The van der Waals surface area contributed by atoms with Gasteiger partial charge in [-0.05, 0) is 19.3 Å². The van der Waals surface area contributed by atoms with E-state index in [4.69, 9.17) is 10.2 Å². The molecular formula is C12H19N3O2. The van der Waals surface area contributed by atoms with Crippen molar-refractivity contribution in [2.45, 2.75) is 51.1 Å². The van der Waals surface area contributed by atoms with E-state index >= 15 is 0 Å². The lowest BCUT2D eigenvalue weighted by Crippen LogP contribution is -2.49. The highest BCUT2D eigenvalue weighted by molar-refractivity contribution is 5.77. The maximum Gasteiger partial charge on any atom is 0.222 e. The van der Waals surface area contributed by atoms with Gasteiger partial charge in [0.1, 0.15) is 5.76 Å². The molecule has 0 unspecified atom stereocenters. The Bertz CT molecular complexity index is 396. The third kappa shape index (κ3) is 3.06. The van der Waals surface area contributed by atoms with Crippen molar-refractivity contribution in [1.82, 2.24) is 10.3 Å². The molecule has 0 aromatic carbocycles. The summed E-state index contributed by atoms with van der Waals surface area (Å²) in [7, 11) is 0. The van der Waals surface area contributed by atoms with Gasteiger partial charge in [0.05, 0.1) is 12.7 Å². The molecule has 0 bridgehead atoms. The third-order valence-corrected chi connectivity index (χ3v) is 3.25. The molecule has 2 rings (SSSR count). The summed E-state index contributed by atoms with van der Waals surface area (Å²) in [4.78, 5) is 15.7. The van der Waals surface area contributed by atoms with Crippen LogP contribution in [0, 0.1) is 0 Å². The molecule has 0 atom stereocenters. The number of hydrogen-bond acceptors (Lipinski definition) is 4. The van der Waals surface area contributed by atoms with Crippen LogP contribution >= 0.6 is 0 Å². The minimum Gasteiger partial charge on any atom is -0.444 e. The lowest BCUT2D eigenvalue weighted by Gasteiger charge is -2.37. The van der Waals surface area contributed by atoms with Crippen LogP contribution in [0.3, 0.4) is 0 Å². The standard InChI is InChI=1S/C12H19N3O2/c1-2-9-7-15-11(17-9)8-14-10(16)6-12(13)4-3-5-12/h7H,2-6,8,13H2,1H3,(H,14,16). The average Bonchev–Trinajstić information content (AvgIpc) is 2.72. The van der Waals surface area contributed by atoms with E-state index in [1.54, 1.807) is 6.20 Å². The number of amides is 1. The van der Waals surface area contributed by atoms with E-state index in [0.29, 0.717) is 18.9 Å². The van der Waals surface area contributed by atoms with Gasteiger partial charge in [-0.25, -0.2) is 4.98 Å². The molecule has 1 aromatic heterocycles. The summed E-state index contributed by atoms with van der Waals surface area (Å²) in [5.41, 5.74) is 5.73. The highest BCUT2D eigenvalue weighted by Gasteiger charge is 2.34. The Labute approximate surface area is 101 Å². The van der Waals surface area contributed by atoms with Crippen LogP contribution in [0.2, 0.25) is 0 Å². The molecule has 1 fully saturated rings. The zero-order valence-corrected chi connectivity index (χ0v) is 10.2. The Morgan fingerprint density at radius 2 is 2.41 bits per heavy atom. The van der Waals surface area contributed by atoms with Crippen LogP contribution in [0.5, 0.6) is 0 Å². The fraction of sp³-hybridized carbons (Fsp3) is 0.667. The van der Waals surface area contributed by atoms with Crippen molar-refractivity contribution < 1.29 is 9.21 Å². The van der Waals surface area contributed by atoms with Gasteiger partial charge in [-0.3, -0.25) is 4.79 Å². The van der Waals surface area contributed by atoms with Gasteiger partial charge < -0.3 is 15.5 Å². The first-order valence-corrected chi connectivity index (χ1v) is 6.10. The lowest BCUT2D eigenvalue weighted by atomic mass is 9.75. The highest BCUT2D eigenvalue weighted by Crippen LogP contribution is 2.31. The predicted octanol–water partition coefficient (Wildman–Crippen LogP) is 1.12. The normalized spacial score (nSPS) is 17.5. The fourth-order valence-electron chi connectivity index (χ4n) is 1.96. The molecule has 1 amide bonds. The second kappa shape index (κ2) is 4.87. The molecule has 3 N–H and O–H groups in total. The van der Waals surface area contributed by atoms with Crippen LogP contribution in [0.15, 0.2) is 10.6 Å². The number of nitrogens with zero attached hydrogens (tertiary/aromatic N) is 1. The van der Waals surface area contributed by atoms with Crippen LogP contribution in [-0.2, 0) is 17.8 Å². The van der Waals surface area contributed by atoms with Gasteiger partial charge in [0.2, 0.25) is 11.8 Å². The van der Waals surface area contributed by atoms with E-state index in [-0.39, 0.29) is 11.4 Å². The first kappa shape index (κ1) is 12.1. The maximum atomic E-state index is 11.6. The van der Waals surface area contributed by atoms with Gasteiger partial charge in [0.25, 0.3) is 0 Å². The molecular weight excluding hydrogens is 218 g/mol. The summed E-state index contributed by atoms with van der Waals surface area (Å²) < 4.78 is 5.40. The first-order chi connectivity index (χ1) is 8.11. The number of carbonyl (C=O) groups excluding carboxylic acids is 1. The van der Waals surface area contributed by atoms with Crippen molar-refractivity contribution in [2.75, 3.05) is 0 Å². The monoisotopic (exact) mass is 237 g/mol. The molecule has 1 aliphatic rings. The number of nitrogens with one attached hydrogen (secondary N) is 1. The van der Waals surface area contributed by atoms with E-state index in [2.05, 4.69) is 10.3 Å². The van der Waals surface area contributed by atoms with Gasteiger partial charge >= 0.3 is 0 Å². The quantitative estimate of drug-likeness (QED) is 0.804. The zero-order chi connectivity index (χ0) is 12.3. The SMILES string of the molecule is CCc1cnc(CNC(=O)CC2(N)CCC2)o1. The van der Waals surface area contributed by atoms with E-state index < -0.39 is 0 Å². The minimum atomic E-state index is -0.269. The average molecular weight is 237 g/mol. The van der Waals surface area contributed by atoms with Crippen molar-refractivity contribution in [3.8, 4) is 0 Å². The first-order valence-electron chi connectivity index (χ1n) is 6.10. The molecule has 0 radical (unpaired) electrons. The molecule has 5 heteroatoms. The van der Waals surface area contributed by atoms with Crippen molar-refractivity contribution in [1.29, 1.82) is 0 Å². The molecule has 94 valence electrons. The van der Waals surface area contributed by atoms with Crippen molar-refractivity contribution >= 4 is 5.91 Å². The Hall–Kier alpha value is -1.36. The van der Waals surface area contributed by atoms with Crippen LogP contribution in [0.1, 0.15) is 44.3 Å². The molecule has 0 saturated heterocycles.